The van der Waals surface area contributed by atoms with Crippen LogP contribution in [0, 0.1) is 0 Å². The van der Waals surface area contributed by atoms with Gasteiger partial charge in [0.25, 0.3) is 0 Å². The van der Waals surface area contributed by atoms with E-state index in [4.69, 9.17) is 4.74 Å². The molecular formula is C23H32N4O. The summed E-state index contributed by atoms with van der Waals surface area (Å²) >= 11 is 0. The van der Waals surface area contributed by atoms with E-state index in [1.165, 1.54) is 29.7 Å². The van der Waals surface area contributed by atoms with Crippen molar-refractivity contribution in [2.45, 2.75) is 32.2 Å². The van der Waals surface area contributed by atoms with E-state index in [0.29, 0.717) is 0 Å². The molecule has 3 rings (SSSR count). The number of hydrogen-bond acceptors (Lipinski definition) is 3. The number of aliphatic imine (C=N–C) groups is 1. The molecular weight excluding hydrogens is 348 g/mol. The first-order valence-corrected chi connectivity index (χ1v) is 10.1. The number of rotatable bonds is 7. The van der Waals surface area contributed by atoms with Crippen LogP contribution in [0.15, 0.2) is 53.5 Å². The van der Waals surface area contributed by atoms with Crippen LogP contribution >= 0.6 is 0 Å². The van der Waals surface area contributed by atoms with Gasteiger partial charge in [0.15, 0.2) is 5.96 Å². The molecule has 0 amide bonds. The molecule has 0 bridgehead atoms. The lowest BCUT2D eigenvalue weighted by atomic mass is 10.1. The zero-order chi connectivity index (χ0) is 19.8. The van der Waals surface area contributed by atoms with Crippen LogP contribution in [-0.2, 0) is 6.42 Å². The summed E-state index contributed by atoms with van der Waals surface area (Å²) in [6, 6.07) is 17.2. The highest BCUT2D eigenvalue weighted by Gasteiger charge is 2.14. The third kappa shape index (κ3) is 5.18. The third-order valence-corrected chi connectivity index (χ3v) is 5.30. The Kier molecular flexibility index (Phi) is 7.18. The van der Waals surface area contributed by atoms with E-state index in [1.54, 1.807) is 7.11 Å². The summed E-state index contributed by atoms with van der Waals surface area (Å²) < 4.78 is 5.43. The van der Waals surface area contributed by atoms with Gasteiger partial charge in [-0.15, -0.1) is 0 Å². The maximum Gasteiger partial charge on any atom is 0.191 e. The van der Waals surface area contributed by atoms with Crippen molar-refractivity contribution < 1.29 is 4.74 Å². The Morgan fingerprint density at radius 1 is 1.14 bits per heavy atom. The van der Waals surface area contributed by atoms with Crippen molar-refractivity contribution in [3.8, 4) is 5.75 Å². The zero-order valence-corrected chi connectivity index (χ0v) is 17.2. The fraction of sp³-hybridized carbons (Fsp3) is 0.435. The molecule has 2 N–H and O–H groups in total. The second-order valence-corrected chi connectivity index (χ2v) is 7.22. The number of benzene rings is 2. The quantitative estimate of drug-likeness (QED) is 0.567. The first kappa shape index (κ1) is 20.1. The molecule has 5 heteroatoms. The minimum atomic E-state index is 0.181. The van der Waals surface area contributed by atoms with Gasteiger partial charge in [0.1, 0.15) is 5.75 Å². The van der Waals surface area contributed by atoms with E-state index in [0.717, 1.165) is 37.8 Å². The van der Waals surface area contributed by atoms with Gasteiger partial charge in [-0.25, -0.2) is 0 Å². The highest BCUT2D eigenvalue weighted by atomic mass is 16.5. The second kappa shape index (κ2) is 10.0. The van der Waals surface area contributed by atoms with Crippen LogP contribution in [0.25, 0.3) is 0 Å². The van der Waals surface area contributed by atoms with Crippen molar-refractivity contribution in [3.63, 3.8) is 0 Å². The molecule has 1 aliphatic heterocycles. The molecule has 2 aromatic rings. The Morgan fingerprint density at radius 2 is 1.93 bits per heavy atom. The maximum atomic E-state index is 5.43. The number of anilines is 1. The van der Waals surface area contributed by atoms with E-state index in [-0.39, 0.29) is 6.04 Å². The largest absolute Gasteiger partial charge is 0.496 e. The zero-order valence-electron chi connectivity index (χ0n) is 17.2. The lowest BCUT2D eigenvalue weighted by molar-refractivity contribution is 0.409. The average molecular weight is 381 g/mol. The van der Waals surface area contributed by atoms with Crippen molar-refractivity contribution in [1.29, 1.82) is 0 Å². The topological polar surface area (TPSA) is 48.9 Å². The minimum absolute atomic E-state index is 0.181. The molecule has 0 aromatic heterocycles. The molecule has 1 heterocycles. The summed E-state index contributed by atoms with van der Waals surface area (Å²) in [5.41, 5.74) is 3.79. The van der Waals surface area contributed by atoms with Crippen LogP contribution in [0.5, 0.6) is 5.75 Å². The van der Waals surface area contributed by atoms with Gasteiger partial charge in [-0.05, 0) is 55.5 Å². The van der Waals surface area contributed by atoms with Crippen LogP contribution in [0.4, 0.5) is 5.69 Å². The van der Waals surface area contributed by atoms with Gasteiger partial charge in [-0.3, -0.25) is 4.99 Å². The summed E-state index contributed by atoms with van der Waals surface area (Å²) in [5, 5.41) is 6.92. The van der Waals surface area contributed by atoms with Crippen molar-refractivity contribution in [3.05, 3.63) is 59.7 Å². The Morgan fingerprint density at radius 3 is 2.68 bits per heavy atom. The van der Waals surface area contributed by atoms with Crippen molar-refractivity contribution >= 4 is 11.6 Å². The van der Waals surface area contributed by atoms with E-state index in [9.17, 15) is 0 Å². The Hall–Kier alpha value is -2.69. The summed E-state index contributed by atoms with van der Waals surface area (Å²) in [7, 11) is 3.52. The summed E-state index contributed by atoms with van der Waals surface area (Å²) in [5.74, 6) is 1.74. The first-order valence-electron chi connectivity index (χ1n) is 10.1. The highest BCUT2D eigenvalue weighted by Crippen LogP contribution is 2.24. The van der Waals surface area contributed by atoms with Crippen molar-refractivity contribution in [2.75, 3.05) is 38.7 Å². The second-order valence-electron chi connectivity index (χ2n) is 7.22. The van der Waals surface area contributed by atoms with Crippen LogP contribution in [0.3, 0.4) is 0 Å². The lowest BCUT2D eigenvalue weighted by Crippen LogP contribution is -2.39. The predicted octanol–water partition coefficient (Wildman–Crippen LogP) is 3.76. The number of hydrogen-bond donors (Lipinski definition) is 2. The molecule has 2 aromatic carbocycles. The Bertz CT molecular complexity index is 784. The van der Waals surface area contributed by atoms with Crippen LogP contribution < -0.4 is 20.3 Å². The Labute approximate surface area is 168 Å². The molecule has 1 unspecified atom stereocenters. The predicted molar refractivity (Wildman–Crippen MR) is 117 cm³/mol. The summed E-state index contributed by atoms with van der Waals surface area (Å²) in [6.45, 7) is 5.30. The van der Waals surface area contributed by atoms with Gasteiger partial charge < -0.3 is 20.3 Å². The van der Waals surface area contributed by atoms with E-state index >= 15 is 0 Å². The molecule has 28 heavy (non-hydrogen) atoms. The van der Waals surface area contributed by atoms with E-state index < -0.39 is 0 Å². The highest BCUT2D eigenvalue weighted by molar-refractivity contribution is 5.80. The average Bonchev–Trinajstić information content (AvgIpc) is 3.28. The first-order chi connectivity index (χ1) is 13.7. The molecule has 0 saturated carbocycles. The fourth-order valence-electron chi connectivity index (χ4n) is 3.67. The number of methoxy groups -OCH3 is 1. The number of para-hydroxylation sites is 1. The van der Waals surface area contributed by atoms with Gasteiger partial charge in [0.05, 0.1) is 13.2 Å². The summed E-state index contributed by atoms with van der Waals surface area (Å²) in [6.07, 6.45) is 3.46. The minimum Gasteiger partial charge on any atom is -0.496 e. The number of nitrogens with one attached hydrogen (secondary N) is 2. The molecule has 0 radical (unpaired) electrons. The number of guanidine groups is 1. The van der Waals surface area contributed by atoms with Gasteiger partial charge in [0, 0.05) is 32.4 Å². The molecule has 0 spiro atoms. The number of ether oxygens (including phenoxy) is 1. The number of nitrogens with zero attached hydrogens (tertiary/aromatic N) is 2. The van der Waals surface area contributed by atoms with Gasteiger partial charge in [-0.2, -0.15) is 0 Å². The SMILES string of the molecule is CN=C(NCCc1ccccc1OC)NC(C)c1cccc(N2CCCC2)c1. The van der Waals surface area contributed by atoms with Gasteiger partial charge >= 0.3 is 0 Å². The van der Waals surface area contributed by atoms with Crippen molar-refractivity contribution in [2.24, 2.45) is 4.99 Å². The third-order valence-electron chi connectivity index (χ3n) is 5.30. The maximum absolute atomic E-state index is 5.43. The van der Waals surface area contributed by atoms with Crippen LogP contribution in [0.2, 0.25) is 0 Å². The van der Waals surface area contributed by atoms with Crippen LogP contribution in [-0.4, -0.2) is 39.8 Å². The van der Waals surface area contributed by atoms with Gasteiger partial charge in [0.2, 0.25) is 0 Å². The molecule has 1 aliphatic rings. The fourth-order valence-corrected chi connectivity index (χ4v) is 3.67. The van der Waals surface area contributed by atoms with Crippen LogP contribution in [0.1, 0.15) is 36.9 Å². The smallest absolute Gasteiger partial charge is 0.191 e. The molecule has 5 nitrogen and oxygen atoms in total. The summed E-state index contributed by atoms with van der Waals surface area (Å²) in [4.78, 5) is 6.85. The standard InChI is InChI=1S/C23H32N4O/c1-18(20-10-8-11-21(17-20)27-15-6-7-16-27)26-23(24-2)25-14-13-19-9-4-5-12-22(19)28-3/h4-5,8-12,17-18H,6-7,13-16H2,1-3H3,(H2,24,25,26). The van der Waals surface area contributed by atoms with Gasteiger partial charge in [-0.1, -0.05) is 30.3 Å². The molecule has 0 aliphatic carbocycles. The van der Waals surface area contributed by atoms with Crippen molar-refractivity contribution in [1.82, 2.24) is 10.6 Å². The molecule has 1 fully saturated rings. The molecule has 150 valence electrons. The monoisotopic (exact) mass is 380 g/mol. The Balaban J connectivity index is 1.55. The van der Waals surface area contributed by atoms with E-state index in [1.807, 2.05) is 25.2 Å². The molecule has 1 atom stereocenters. The molecule has 1 saturated heterocycles. The van der Waals surface area contributed by atoms with E-state index in [2.05, 4.69) is 57.8 Å². The normalized spacial score (nSPS) is 15.4. The lowest BCUT2D eigenvalue weighted by Gasteiger charge is -2.22.